The normalized spacial score (nSPS) is 22.9. The predicted octanol–water partition coefficient (Wildman–Crippen LogP) is 2.91. The van der Waals surface area contributed by atoms with Crippen molar-refractivity contribution in [1.82, 2.24) is 0 Å². The van der Waals surface area contributed by atoms with Crippen LogP contribution in [0.3, 0.4) is 0 Å². The van der Waals surface area contributed by atoms with Crippen LogP contribution in [0, 0.1) is 0 Å². The highest BCUT2D eigenvalue weighted by Crippen LogP contribution is 2.28. The van der Waals surface area contributed by atoms with Crippen molar-refractivity contribution in [3.63, 3.8) is 0 Å². The van der Waals surface area contributed by atoms with Crippen LogP contribution in [-0.4, -0.2) is 20.1 Å². The van der Waals surface area contributed by atoms with E-state index in [1.54, 1.807) is 0 Å². The summed E-state index contributed by atoms with van der Waals surface area (Å²) >= 11 is 0. The molecule has 14 heavy (non-hydrogen) atoms. The van der Waals surface area contributed by atoms with Gasteiger partial charge in [-0.15, -0.1) is 0 Å². The van der Waals surface area contributed by atoms with Crippen molar-refractivity contribution in [2.75, 3.05) is 0 Å². The van der Waals surface area contributed by atoms with Gasteiger partial charge in [0.2, 0.25) is 0 Å². The molecule has 0 radical (unpaired) electrons. The molecule has 0 fully saturated rings. The molecule has 0 aliphatic heterocycles. The Balaban J connectivity index is 2.78. The summed E-state index contributed by atoms with van der Waals surface area (Å²) in [7, 11) is -1.30. The van der Waals surface area contributed by atoms with Crippen LogP contribution in [0.4, 0.5) is 0 Å². The predicted molar refractivity (Wildman–Crippen MR) is 60.8 cm³/mol. The lowest BCUT2D eigenvalue weighted by Crippen LogP contribution is -2.36. The summed E-state index contributed by atoms with van der Waals surface area (Å²) in [6.07, 6.45) is 5.68. The molecule has 0 unspecified atom stereocenters. The number of hydrogen-bond acceptors (Lipinski definition) is 2. The lowest BCUT2D eigenvalue weighted by molar-refractivity contribution is -0.144. The third-order valence-corrected chi connectivity index (χ3v) is 4.81. The molecule has 1 rings (SSSR count). The van der Waals surface area contributed by atoms with Gasteiger partial charge in [0, 0.05) is 6.92 Å². The molecular weight excluding hydrogens is 192 g/mol. The van der Waals surface area contributed by atoms with E-state index in [0.29, 0.717) is 0 Å². The van der Waals surface area contributed by atoms with E-state index in [1.807, 2.05) is 0 Å². The van der Waals surface area contributed by atoms with Gasteiger partial charge < -0.3 is 4.74 Å². The van der Waals surface area contributed by atoms with Gasteiger partial charge in [-0.2, -0.15) is 0 Å². The maximum atomic E-state index is 11.0. The highest BCUT2D eigenvalue weighted by Gasteiger charge is 2.30. The highest BCUT2D eigenvalue weighted by molar-refractivity contribution is 6.83. The second-order valence-electron chi connectivity index (χ2n) is 4.94. The first kappa shape index (κ1) is 11.5. The van der Waals surface area contributed by atoms with Crippen LogP contribution in [0.25, 0.3) is 0 Å². The summed E-state index contributed by atoms with van der Waals surface area (Å²) in [4.78, 5) is 11.0. The van der Waals surface area contributed by atoms with Gasteiger partial charge in [-0.25, -0.2) is 0 Å². The fraction of sp³-hybridized carbons (Fsp3) is 0.727. The molecule has 3 heteroatoms. The molecule has 1 aliphatic rings. The molecule has 0 aromatic carbocycles. The largest absolute Gasteiger partial charge is 0.458 e. The van der Waals surface area contributed by atoms with Crippen LogP contribution in [0.5, 0.6) is 0 Å². The average molecular weight is 212 g/mol. The van der Waals surface area contributed by atoms with Gasteiger partial charge in [-0.05, 0) is 24.5 Å². The number of allylic oxidation sites excluding steroid dienone is 1. The minimum absolute atomic E-state index is 0.0768. The second kappa shape index (κ2) is 4.30. The van der Waals surface area contributed by atoms with Gasteiger partial charge in [0.05, 0.1) is 8.07 Å². The molecular formula is C11H20O2Si. The summed E-state index contributed by atoms with van der Waals surface area (Å²) in [6, 6.07) is 0. The molecule has 1 aliphatic carbocycles. The van der Waals surface area contributed by atoms with E-state index in [4.69, 9.17) is 4.74 Å². The molecule has 0 bridgehead atoms. The quantitative estimate of drug-likeness (QED) is 0.519. The van der Waals surface area contributed by atoms with Crippen LogP contribution >= 0.6 is 0 Å². The molecule has 0 aromatic rings. The molecule has 80 valence electrons. The molecule has 0 aromatic heterocycles. The first-order chi connectivity index (χ1) is 6.41. The minimum atomic E-state index is -1.30. The van der Waals surface area contributed by atoms with Crippen molar-refractivity contribution in [3.05, 3.63) is 11.3 Å². The van der Waals surface area contributed by atoms with Crippen molar-refractivity contribution in [3.8, 4) is 0 Å². The first-order valence-electron chi connectivity index (χ1n) is 5.29. The number of ether oxygens (including phenoxy) is 1. The SMILES string of the molecule is CC(=O)O[C@H]1CCCC=C1[Si](C)(C)C. The maximum absolute atomic E-state index is 11.0. The molecule has 0 saturated heterocycles. The zero-order chi connectivity index (χ0) is 10.8. The number of carbonyl (C=O) groups is 1. The zero-order valence-corrected chi connectivity index (χ0v) is 10.6. The number of esters is 1. The topological polar surface area (TPSA) is 26.3 Å². The van der Waals surface area contributed by atoms with E-state index in [9.17, 15) is 4.79 Å². The molecule has 0 spiro atoms. The van der Waals surface area contributed by atoms with E-state index in [1.165, 1.54) is 12.1 Å². The van der Waals surface area contributed by atoms with E-state index >= 15 is 0 Å². The van der Waals surface area contributed by atoms with E-state index in [2.05, 4.69) is 25.7 Å². The standard InChI is InChI=1S/C11H20O2Si/c1-9(12)13-10-7-5-6-8-11(10)14(2,3)4/h8,10H,5-7H2,1-4H3/t10-/m0/s1. The van der Waals surface area contributed by atoms with Crippen molar-refractivity contribution in [1.29, 1.82) is 0 Å². The lowest BCUT2D eigenvalue weighted by atomic mass is 10.1. The Morgan fingerprint density at radius 1 is 1.50 bits per heavy atom. The van der Waals surface area contributed by atoms with Gasteiger partial charge in [0.25, 0.3) is 0 Å². The number of hydrogen-bond donors (Lipinski definition) is 0. The molecule has 2 nitrogen and oxygen atoms in total. The van der Waals surface area contributed by atoms with E-state index in [-0.39, 0.29) is 12.1 Å². The summed E-state index contributed by atoms with van der Waals surface area (Å²) in [5, 5.41) is 1.42. The summed E-state index contributed by atoms with van der Waals surface area (Å²) < 4.78 is 5.36. The maximum Gasteiger partial charge on any atom is 0.303 e. The van der Waals surface area contributed by atoms with Gasteiger partial charge in [-0.1, -0.05) is 25.7 Å². The third kappa shape index (κ3) is 2.98. The van der Waals surface area contributed by atoms with Crippen LogP contribution in [0.2, 0.25) is 19.6 Å². The van der Waals surface area contributed by atoms with Crippen molar-refractivity contribution in [2.45, 2.75) is 51.9 Å². The van der Waals surface area contributed by atoms with Gasteiger partial charge in [0.15, 0.2) is 0 Å². The summed E-state index contributed by atoms with van der Waals surface area (Å²) in [6.45, 7) is 8.42. The molecule has 1 atom stereocenters. The fourth-order valence-corrected chi connectivity index (χ4v) is 3.89. The van der Waals surface area contributed by atoms with Crippen LogP contribution in [0.1, 0.15) is 26.2 Å². The molecule has 0 amide bonds. The van der Waals surface area contributed by atoms with Crippen molar-refractivity contribution >= 4 is 14.0 Å². The first-order valence-corrected chi connectivity index (χ1v) is 8.79. The van der Waals surface area contributed by atoms with Crippen molar-refractivity contribution in [2.24, 2.45) is 0 Å². The molecule has 0 saturated carbocycles. The molecule has 0 N–H and O–H groups in total. The number of carbonyl (C=O) groups excluding carboxylic acids is 1. The Morgan fingerprint density at radius 2 is 2.14 bits per heavy atom. The molecule has 0 heterocycles. The summed E-state index contributed by atoms with van der Waals surface area (Å²) in [5.41, 5.74) is 0. The fourth-order valence-electron chi connectivity index (χ4n) is 1.96. The van der Waals surface area contributed by atoms with E-state index < -0.39 is 8.07 Å². The van der Waals surface area contributed by atoms with Crippen LogP contribution in [-0.2, 0) is 9.53 Å². The summed E-state index contributed by atoms with van der Waals surface area (Å²) in [5.74, 6) is -0.152. The van der Waals surface area contributed by atoms with Gasteiger partial charge in [-0.3, -0.25) is 4.79 Å². The second-order valence-corrected chi connectivity index (χ2v) is 10.0. The van der Waals surface area contributed by atoms with Gasteiger partial charge in [0.1, 0.15) is 6.10 Å². The Bertz CT molecular complexity index is 251. The van der Waals surface area contributed by atoms with E-state index in [0.717, 1.165) is 19.3 Å². The Hall–Kier alpha value is -0.573. The lowest BCUT2D eigenvalue weighted by Gasteiger charge is -2.31. The number of rotatable bonds is 2. The smallest absolute Gasteiger partial charge is 0.303 e. The monoisotopic (exact) mass is 212 g/mol. The Labute approximate surface area is 87.3 Å². The third-order valence-electron chi connectivity index (χ3n) is 2.56. The zero-order valence-electron chi connectivity index (χ0n) is 9.59. The van der Waals surface area contributed by atoms with Gasteiger partial charge >= 0.3 is 5.97 Å². The Kier molecular flexibility index (Phi) is 3.53. The highest BCUT2D eigenvalue weighted by atomic mass is 28.3. The van der Waals surface area contributed by atoms with Crippen LogP contribution in [0.15, 0.2) is 11.3 Å². The van der Waals surface area contributed by atoms with Crippen LogP contribution < -0.4 is 0 Å². The minimum Gasteiger partial charge on any atom is -0.458 e. The Morgan fingerprint density at radius 3 is 2.64 bits per heavy atom. The van der Waals surface area contributed by atoms with Crippen molar-refractivity contribution < 1.29 is 9.53 Å². The average Bonchev–Trinajstić information content (AvgIpc) is 2.01.